The molecular weight excluding hydrogens is 154 g/mol. The summed E-state index contributed by atoms with van der Waals surface area (Å²) >= 11 is 0. The van der Waals surface area contributed by atoms with Crippen molar-refractivity contribution in [2.45, 2.75) is 31.5 Å². The zero-order valence-electron chi connectivity index (χ0n) is 7.95. The standard InChI is InChI=1S/C9H19NO2/c1-11-8-4-3-7(6-10)5-9(8)12-2/h7-9H,3-6,10H2,1-2H3/t7-,8?,9-/m1/s1. The van der Waals surface area contributed by atoms with Crippen molar-refractivity contribution in [3.05, 3.63) is 0 Å². The van der Waals surface area contributed by atoms with Crippen molar-refractivity contribution in [3.63, 3.8) is 0 Å². The lowest BCUT2D eigenvalue weighted by Gasteiger charge is -2.33. The van der Waals surface area contributed by atoms with Crippen molar-refractivity contribution in [2.75, 3.05) is 20.8 Å². The summed E-state index contributed by atoms with van der Waals surface area (Å²) in [5, 5.41) is 0. The lowest BCUT2D eigenvalue weighted by Crippen LogP contribution is -2.38. The first-order chi connectivity index (χ1) is 5.81. The van der Waals surface area contributed by atoms with E-state index in [1.165, 1.54) is 6.42 Å². The highest BCUT2D eigenvalue weighted by Crippen LogP contribution is 2.27. The van der Waals surface area contributed by atoms with Gasteiger partial charge in [0.05, 0.1) is 12.2 Å². The van der Waals surface area contributed by atoms with E-state index in [4.69, 9.17) is 15.2 Å². The molecule has 1 aliphatic carbocycles. The fourth-order valence-electron chi connectivity index (χ4n) is 1.92. The second-order valence-electron chi connectivity index (χ2n) is 3.46. The van der Waals surface area contributed by atoms with E-state index in [0.29, 0.717) is 5.92 Å². The monoisotopic (exact) mass is 173 g/mol. The van der Waals surface area contributed by atoms with E-state index in [2.05, 4.69) is 0 Å². The van der Waals surface area contributed by atoms with Crippen LogP contribution in [0.3, 0.4) is 0 Å². The summed E-state index contributed by atoms with van der Waals surface area (Å²) < 4.78 is 10.7. The maximum absolute atomic E-state index is 5.61. The van der Waals surface area contributed by atoms with Crippen LogP contribution in [-0.2, 0) is 9.47 Å². The van der Waals surface area contributed by atoms with Crippen LogP contribution in [0.1, 0.15) is 19.3 Å². The number of hydrogen-bond donors (Lipinski definition) is 1. The Labute approximate surface area is 74.2 Å². The number of rotatable bonds is 3. The molecule has 3 nitrogen and oxygen atoms in total. The average Bonchev–Trinajstić information content (AvgIpc) is 2.16. The topological polar surface area (TPSA) is 44.5 Å². The molecule has 72 valence electrons. The quantitative estimate of drug-likeness (QED) is 0.685. The summed E-state index contributed by atoms with van der Waals surface area (Å²) in [6.45, 7) is 0.774. The van der Waals surface area contributed by atoms with Gasteiger partial charge in [-0.25, -0.2) is 0 Å². The zero-order chi connectivity index (χ0) is 8.97. The maximum atomic E-state index is 5.61. The van der Waals surface area contributed by atoms with Gasteiger partial charge >= 0.3 is 0 Å². The molecule has 1 saturated carbocycles. The van der Waals surface area contributed by atoms with Gasteiger partial charge in [0.25, 0.3) is 0 Å². The Balaban J connectivity index is 2.41. The van der Waals surface area contributed by atoms with Gasteiger partial charge in [0.1, 0.15) is 0 Å². The summed E-state index contributed by atoms with van der Waals surface area (Å²) in [5.74, 6) is 0.626. The normalized spacial score (nSPS) is 36.8. The molecule has 12 heavy (non-hydrogen) atoms. The molecule has 0 spiro atoms. The highest BCUT2D eigenvalue weighted by molar-refractivity contribution is 4.81. The van der Waals surface area contributed by atoms with Crippen molar-refractivity contribution in [3.8, 4) is 0 Å². The first-order valence-corrected chi connectivity index (χ1v) is 4.57. The summed E-state index contributed by atoms with van der Waals surface area (Å²) in [6, 6.07) is 0. The minimum absolute atomic E-state index is 0.247. The Hall–Kier alpha value is -0.120. The second-order valence-corrected chi connectivity index (χ2v) is 3.46. The van der Waals surface area contributed by atoms with E-state index in [1.54, 1.807) is 14.2 Å². The molecule has 1 fully saturated rings. The van der Waals surface area contributed by atoms with Gasteiger partial charge in [-0.05, 0) is 31.7 Å². The van der Waals surface area contributed by atoms with E-state index in [9.17, 15) is 0 Å². The molecule has 3 atom stereocenters. The van der Waals surface area contributed by atoms with Gasteiger partial charge in [0.2, 0.25) is 0 Å². The molecule has 0 amide bonds. The van der Waals surface area contributed by atoms with Crippen LogP contribution in [0.4, 0.5) is 0 Å². The molecule has 0 bridgehead atoms. The molecule has 0 heterocycles. The third-order valence-corrected chi connectivity index (χ3v) is 2.78. The molecule has 0 aromatic rings. The zero-order valence-corrected chi connectivity index (χ0v) is 7.95. The van der Waals surface area contributed by atoms with Crippen molar-refractivity contribution < 1.29 is 9.47 Å². The molecule has 1 aliphatic rings. The van der Waals surface area contributed by atoms with Crippen LogP contribution in [0.25, 0.3) is 0 Å². The molecule has 0 aromatic carbocycles. The van der Waals surface area contributed by atoms with Crippen LogP contribution in [0.5, 0.6) is 0 Å². The van der Waals surface area contributed by atoms with E-state index < -0.39 is 0 Å². The van der Waals surface area contributed by atoms with E-state index >= 15 is 0 Å². The van der Waals surface area contributed by atoms with Crippen LogP contribution in [0, 0.1) is 5.92 Å². The van der Waals surface area contributed by atoms with Crippen LogP contribution >= 0.6 is 0 Å². The molecule has 0 radical (unpaired) electrons. The van der Waals surface area contributed by atoms with Crippen LogP contribution in [0.2, 0.25) is 0 Å². The van der Waals surface area contributed by atoms with Gasteiger partial charge < -0.3 is 15.2 Å². The van der Waals surface area contributed by atoms with Gasteiger partial charge in [0, 0.05) is 14.2 Å². The Morgan fingerprint density at radius 2 is 1.83 bits per heavy atom. The lowest BCUT2D eigenvalue weighted by molar-refractivity contribution is -0.0692. The average molecular weight is 173 g/mol. The largest absolute Gasteiger partial charge is 0.379 e. The molecule has 0 saturated heterocycles. The Morgan fingerprint density at radius 3 is 2.33 bits per heavy atom. The molecule has 3 heteroatoms. The smallest absolute Gasteiger partial charge is 0.0835 e. The third kappa shape index (κ3) is 2.19. The van der Waals surface area contributed by atoms with Crippen LogP contribution in [-0.4, -0.2) is 33.0 Å². The SMILES string of the molecule is COC1CC[C@@H](CN)C[C@H]1OC. The van der Waals surface area contributed by atoms with Crippen molar-refractivity contribution >= 4 is 0 Å². The fourth-order valence-corrected chi connectivity index (χ4v) is 1.92. The molecule has 0 aliphatic heterocycles. The first-order valence-electron chi connectivity index (χ1n) is 4.57. The summed E-state index contributed by atoms with van der Waals surface area (Å²) in [6.07, 6.45) is 3.83. The van der Waals surface area contributed by atoms with Crippen molar-refractivity contribution in [1.82, 2.24) is 0 Å². The predicted octanol–water partition coefficient (Wildman–Crippen LogP) is 0.775. The maximum Gasteiger partial charge on any atom is 0.0835 e. The molecule has 2 N–H and O–H groups in total. The van der Waals surface area contributed by atoms with Gasteiger partial charge in [-0.3, -0.25) is 0 Å². The first kappa shape index (κ1) is 9.96. The summed E-state index contributed by atoms with van der Waals surface area (Å²) in [4.78, 5) is 0. The molecule has 0 aromatic heterocycles. The number of ether oxygens (including phenoxy) is 2. The van der Waals surface area contributed by atoms with E-state index in [0.717, 1.165) is 19.4 Å². The molecular formula is C9H19NO2. The number of nitrogens with two attached hydrogens (primary N) is 1. The molecule has 1 unspecified atom stereocenters. The summed E-state index contributed by atoms with van der Waals surface area (Å²) in [5.41, 5.74) is 5.61. The number of hydrogen-bond acceptors (Lipinski definition) is 3. The van der Waals surface area contributed by atoms with Gasteiger partial charge in [0.15, 0.2) is 0 Å². The second kappa shape index (κ2) is 4.80. The van der Waals surface area contributed by atoms with Gasteiger partial charge in [-0.15, -0.1) is 0 Å². The van der Waals surface area contributed by atoms with Crippen LogP contribution in [0.15, 0.2) is 0 Å². The highest BCUT2D eigenvalue weighted by Gasteiger charge is 2.29. The minimum atomic E-state index is 0.247. The van der Waals surface area contributed by atoms with E-state index in [1.807, 2.05) is 0 Å². The fraction of sp³-hybridized carbons (Fsp3) is 1.00. The Bertz CT molecular complexity index is 130. The summed E-state index contributed by atoms with van der Waals surface area (Å²) in [7, 11) is 3.50. The van der Waals surface area contributed by atoms with Gasteiger partial charge in [-0.1, -0.05) is 0 Å². The minimum Gasteiger partial charge on any atom is -0.379 e. The molecule has 1 rings (SSSR count). The lowest BCUT2D eigenvalue weighted by atomic mass is 9.85. The van der Waals surface area contributed by atoms with E-state index in [-0.39, 0.29) is 12.2 Å². The van der Waals surface area contributed by atoms with Crippen LogP contribution < -0.4 is 5.73 Å². The van der Waals surface area contributed by atoms with Crippen molar-refractivity contribution in [2.24, 2.45) is 11.7 Å². The highest BCUT2D eigenvalue weighted by atomic mass is 16.5. The Morgan fingerprint density at radius 1 is 1.17 bits per heavy atom. The van der Waals surface area contributed by atoms with Gasteiger partial charge in [-0.2, -0.15) is 0 Å². The van der Waals surface area contributed by atoms with Crippen molar-refractivity contribution in [1.29, 1.82) is 0 Å². The number of methoxy groups -OCH3 is 2. The third-order valence-electron chi connectivity index (χ3n) is 2.78. The Kier molecular flexibility index (Phi) is 3.98. The predicted molar refractivity (Wildman–Crippen MR) is 48.0 cm³/mol.